The number of aryl methyl sites for hydroxylation is 1. The average molecular weight is 423 g/mol. The summed E-state index contributed by atoms with van der Waals surface area (Å²) in [6.07, 6.45) is 8.28. The lowest BCUT2D eigenvalue weighted by molar-refractivity contribution is 0.440. The number of hydrogen-bond donors (Lipinski definition) is 1. The molecule has 3 heterocycles. The predicted octanol–water partition coefficient (Wildman–Crippen LogP) is 3.70. The van der Waals surface area contributed by atoms with Gasteiger partial charge in [0.1, 0.15) is 5.75 Å². The van der Waals surface area contributed by atoms with E-state index in [4.69, 9.17) is 9.73 Å². The van der Waals surface area contributed by atoms with Crippen LogP contribution in [-0.4, -0.2) is 45.3 Å². The number of guanidine groups is 1. The SMILES string of the molecule is CCNC(=NCc1ccc(Oc2cccnc2)c(F)c1)N1CCC(c2cnn(C)c2)C1. The standard InChI is InChI=1S/C23H27FN6O/c1-3-26-23(30-10-8-18(16-30)19-13-28-29(2)15-19)27-12-17-6-7-22(21(24)11-17)31-20-5-4-9-25-14-20/h4-7,9,11,13-15,18H,3,8,10,12,16H2,1-2H3,(H,26,27). The molecule has 7 nitrogen and oxygen atoms in total. The zero-order valence-electron chi connectivity index (χ0n) is 17.8. The summed E-state index contributed by atoms with van der Waals surface area (Å²) in [6, 6.07) is 8.43. The molecule has 31 heavy (non-hydrogen) atoms. The third-order valence-electron chi connectivity index (χ3n) is 5.29. The summed E-state index contributed by atoms with van der Waals surface area (Å²) >= 11 is 0. The molecule has 0 saturated carbocycles. The Morgan fingerprint density at radius 1 is 1.32 bits per heavy atom. The van der Waals surface area contributed by atoms with Gasteiger partial charge in [0.15, 0.2) is 17.5 Å². The third-order valence-corrected chi connectivity index (χ3v) is 5.29. The molecule has 1 unspecified atom stereocenters. The van der Waals surface area contributed by atoms with Crippen LogP contribution in [0.3, 0.4) is 0 Å². The second-order valence-corrected chi connectivity index (χ2v) is 7.60. The van der Waals surface area contributed by atoms with Gasteiger partial charge in [0.25, 0.3) is 0 Å². The Bertz CT molecular complexity index is 1040. The molecular formula is C23H27FN6O. The van der Waals surface area contributed by atoms with Crippen LogP contribution in [0.15, 0.2) is 60.1 Å². The Morgan fingerprint density at radius 2 is 2.23 bits per heavy atom. The van der Waals surface area contributed by atoms with E-state index in [0.717, 1.165) is 37.6 Å². The van der Waals surface area contributed by atoms with Crippen LogP contribution in [0, 0.1) is 5.82 Å². The number of aliphatic imine (C=N–C) groups is 1. The zero-order chi connectivity index (χ0) is 21.6. The van der Waals surface area contributed by atoms with Crippen LogP contribution in [-0.2, 0) is 13.6 Å². The first-order chi connectivity index (χ1) is 15.1. The van der Waals surface area contributed by atoms with Crippen molar-refractivity contribution in [2.24, 2.45) is 12.0 Å². The Balaban J connectivity index is 1.42. The monoisotopic (exact) mass is 422 g/mol. The molecule has 1 aliphatic rings. The molecule has 1 saturated heterocycles. The van der Waals surface area contributed by atoms with E-state index in [9.17, 15) is 4.39 Å². The summed E-state index contributed by atoms with van der Waals surface area (Å²) in [6.45, 7) is 5.04. The number of halogens is 1. The van der Waals surface area contributed by atoms with Crippen molar-refractivity contribution in [1.29, 1.82) is 0 Å². The van der Waals surface area contributed by atoms with Crippen molar-refractivity contribution in [3.8, 4) is 11.5 Å². The number of rotatable bonds is 6. The van der Waals surface area contributed by atoms with E-state index in [-0.39, 0.29) is 5.75 Å². The van der Waals surface area contributed by atoms with E-state index in [0.29, 0.717) is 18.2 Å². The quantitative estimate of drug-likeness (QED) is 0.485. The molecule has 4 rings (SSSR count). The maximum Gasteiger partial charge on any atom is 0.194 e. The normalized spacial score (nSPS) is 16.5. The van der Waals surface area contributed by atoms with Crippen molar-refractivity contribution in [3.63, 3.8) is 0 Å². The van der Waals surface area contributed by atoms with Crippen LogP contribution < -0.4 is 10.1 Å². The molecule has 1 aliphatic heterocycles. The van der Waals surface area contributed by atoms with Gasteiger partial charge in [0.05, 0.1) is 18.9 Å². The second kappa shape index (κ2) is 9.59. The largest absolute Gasteiger partial charge is 0.453 e. The van der Waals surface area contributed by atoms with Gasteiger partial charge in [-0.15, -0.1) is 0 Å². The predicted molar refractivity (Wildman–Crippen MR) is 118 cm³/mol. The number of hydrogen-bond acceptors (Lipinski definition) is 4. The van der Waals surface area contributed by atoms with Gasteiger partial charge in [-0.1, -0.05) is 6.07 Å². The summed E-state index contributed by atoms with van der Waals surface area (Å²) in [5, 5.41) is 7.65. The lowest BCUT2D eigenvalue weighted by atomic mass is 10.0. The van der Waals surface area contributed by atoms with Gasteiger partial charge in [0, 0.05) is 45.0 Å². The summed E-state index contributed by atoms with van der Waals surface area (Å²) < 4.78 is 21.9. The molecule has 1 aromatic carbocycles. The van der Waals surface area contributed by atoms with Gasteiger partial charge in [-0.3, -0.25) is 9.67 Å². The molecule has 0 bridgehead atoms. The smallest absolute Gasteiger partial charge is 0.194 e. The van der Waals surface area contributed by atoms with E-state index in [2.05, 4.69) is 33.4 Å². The molecule has 1 atom stereocenters. The maximum absolute atomic E-state index is 14.5. The van der Waals surface area contributed by atoms with Gasteiger partial charge >= 0.3 is 0 Å². The molecule has 0 amide bonds. The summed E-state index contributed by atoms with van der Waals surface area (Å²) in [5.74, 6) is 1.55. The van der Waals surface area contributed by atoms with E-state index < -0.39 is 5.82 Å². The van der Waals surface area contributed by atoms with E-state index in [1.807, 2.05) is 24.0 Å². The summed E-state index contributed by atoms with van der Waals surface area (Å²) in [7, 11) is 1.94. The Hall–Kier alpha value is -3.42. The Morgan fingerprint density at radius 3 is 2.94 bits per heavy atom. The molecular weight excluding hydrogens is 395 g/mol. The van der Waals surface area contributed by atoms with Crippen molar-refractivity contribution in [2.75, 3.05) is 19.6 Å². The third kappa shape index (κ3) is 5.20. The number of pyridine rings is 1. The molecule has 0 spiro atoms. The maximum atomic E-state index is 14.5. The van der Waals surface area contributed by atoms with E-state index >= 15 is 0 Å². The average Bonchev–Trinajstić information content (AvgIpc) is 3.43. The van der Waals surface area contributed by atoms with Crippen LogP contribution in [0.5, 0.6) is 11.5 Å². The highest BCUT2D eigenvalue weighted by Crippen LogP contribution is 2.27. The fraction of sp³-hybridized carbons (Fsp3) is 0.348. The van der Waals surface area contributed by atoms with Crippen molar-refractivity contribution < 1.29 is 9.13 Å². The van der Waals surface area contributed by atoms with Crippen LogP contribution in [0.1, 0.15) is 30.4 Å². The Labute approximate surface area is 181 Å². The summed E-state index contributed by atoms with van der Waals surface area (Å²) in [5.41, 5.74) is 2.04. The number of nitrogens with zero attached hydrogens (tertiary/aromatic N) is 5. The Kier molecular flexibility index (Phi) is 6.45. The first kappa shape index (κ1) is 20.8. The molecule has 162 valence electrons. The fourth-order valence-corrected chi connectivity index (χ4v) is 3.73. The van der Waals surface area contributed by atoms with E-state index in [1.165, 1.54) is 11.6 Å². The fourth-order valence-electron chi connectivity index (χ4n) is 3.73. The number of ether oxygens (including phenoxy) is 1. The first-order valence-electron chi connectivity index (χ1n) is 10.5. The molecule has 1 N–H and O–H groups in total. The lowest BCUT2D eigenvalue weighted by Crippen LogP contribution is -2.40. The minimum atomic E-state index is -0.417. The van der Waals surface area contributed by atoms with Gasteiger partial charge < -0.3 is 15.0 Å². The number of nitrogens with one attached hydrogen (secondary N) is 1. The highest BCUT2D eigenvalue weighted by atomic mass is 19.1. The van der Waals surface area contributed by atoms with Crippen molar-refractivity contribution in [1.82, 2.24) is 25.0 Å². The van der Waals surface area contributed by atoms with Gasteiger partial charge in [0.2, 0.25) is 0 Å². The van der Waals surface area contributed by atoms with Crippen LogP contribution >= 0.6 is 0 Å². The number of aromatic nitrogens is 3. The molecule has 1 fully saturated rings. The lowest BCUT2D eigenvalue weighted by Gasteiger charge is -2.21. The van der Waals surface area contributed by atoms with E-state index in [1.54, 1.807) is 30.6 Å². The van der Waals surface area contributed by atoms with Crippen molar-refractivity contribution >= 4 is 5.96 Å². The summed E-state index contributed by atoms with van der Waals surface area (Å²) in [4.78, 5) is 11.0. The number of benzene rings is 1. The molecule has 0 radical (unpaired) electrons. The zero-order valence-corrected chi connectivity index (χ0v) is 17.8. The molecule has 2 aromatic heterocycles. The molecule has 0 aliphatic carbocycles. The van der Waals surface area contributed by atoms with Gasteiger partial charge in [-0.25, -0.2) is 9.38 Å². The highest BCUT2D eigenvalue weighted by molar-refractivity contribution is 5.80. The minimum absolute atomic E-state index is 0.173. The second-order valence-electron chi connectivity index (χ2n) is 7.60. The highest BCUT2D eigenvalue weighted by Gasteiger charge is 2.26. The molecule has 8 heteroatoms. The van der Waals surface area contributed by atoms with Gasteiger partial charge in [-0.2, -0.15) is 5.10 Å². The van der Waals surface area contributed by atoms with Crippen LogP contribution in [0.2, 0.25) is 0 Å². The number of likely N-dealkylation sites (tertiary alicyclic amines) is 1. The van der Waals surface area contributed by atoms with Crippen molar-refractivity contribution in [3.05, 3.63) is 72.1 Å². The minimum Gasteiger partial charge on any atom is -0.453 e. The van der Waals surface area contributed by atoms with Crippen molar-refractivity contribution in [2.45, 2.75) is 25.8 Å². The first-order valence-corrected chi connectivity index (χ1v) is 10.5. The van der Waals surface area contributed by atoms with Crippen LogP contribution in [0.25, 0.3) is 0 Å². The topological polar surface area (TPSA) is 67.6 Å². The molecule has 3 aromatic rings. The van der Waals surface area contributed by atoms with Crippen LogP contribution in [0.4, 0.5) is 4.39 Å². The van der Waals surface area contributed by atoms with Gasteiger partial charge in [-0.05, 0) is 48.7 Å².